The highest BCUT2D eigenvalue weighted by Crippen LogP contribution is 2.39. The fourth-order valence-electron chi connectivity index (χ4n) is 3.15. The Bertz CT molecular complexity index is 1140. The Hall–Kier alpha value is -2.43. The lowest BCUT2D eigenvalue weighted by Crippen LogP contribution is -2.21. The van der Waals surface area contributed by atoms with Gasteiger partial charge in [-0.15, -0.1) is 0 Å². The average Bonchev–Trinajstić information content (AvgIpc) is 3.06. The molecule has 0 spiro atoms. The molecule has 2 heterocycles. The Morgan fingerprint density at radius 3 is 2.59 bits per heavy atom. The minimum atomic E-state index is -4.67. The molecule has 0 saturated heterocycles. The third kappa shape index (κ3) is 5.48. The highest BCUT2D eigenvalue weighted by molar-refractivity contribution is 6.76. The van der Waals surface area contributed by atoms with Crippen molar-refractivity contribution in [3.63, 3.8) is 0 Å². The number of ether oxygens (including phenoxy) is 2. The molecule has 0 aliphatic carbocycles. The van der Waals surface area contributed by atoms with Crippen LogP contribution in [0.3, 0.4) is 0 Å². The van der Waals surface area contributed by atoms with Gasteiger partial charge >= 0.3 is 12.1 Å². The topological polar surface area (TPSA) is 66.2 Å². The molecule has 32 heavy (non-hydrogen) atoms. The average molecular weight is 486 g/mol. The van der Waals surface area contributed by atoms with Crippen molar-refractivity contribution in [3.8, 4) is 11.3 Å². The van der Waals surface area contributed by atoms with E-state index in [1.807, 2.05) is 0 Å². The fourth-order valence-corrected chi connectivity index (χ4v) is 4.04. The number of alkyl halides is 3. The predicted molar refractivity (Wildman–Crippen MR) is 118 cm³/mol. The van der Waals surface area contributed by atoms with Gasteiger partial charge in [0.2, 0.25) is 5.28 Å². The van der Waals surface area contributed by atoms with E-state index in [1.165, 1.54) is 19.4 Å². The summed E-state index contributed by atoms with van der Waals surface area (Å²) in [6, 6.07) is 5.55. The first-order valence-electron chi connectivity index (χ1n) is 9.80. The SMILES string of the molecule is COC(=O)c1ccc2c(-c3nc(Cl)ncc3C(F)(F)F)cn(COCC[Si](C)(C)C)c2c1. The van der Waals surface area contributed by atoms with E-state index >= 15 is 0 Å². The van der Waals surface area contributed by atoms with E-state index in [0.29, 0.717) is 23.7 Å². The van der Waals surface area contributed by atoms with Crippen molar-refractivity contribution in [2.45, 2.75) is 38.6 Å². The minimum absolute atomic E-state index is 0.103. The van der Waals surface area contributed by atoms with Crippen LogP contribution in [0, 0.1) is 0 Å². The number of hydrogen-bond donors (Lipinski definition) is 0. The summed E-state index contributed by atoms with van der Waals surface area (Å²) in [5, 5.41) is 0.165. The summed E-state index contributed by atoms with van der Waals surface area (Å²) in [4.78, 5) is 19.4. The molecule has 2 aromatic heterocycles. The van der Waals surface area contributed by atoms with Gasteiger partial charge in [0.15, 0.2) is 0 Å². The quantitative estimate of drug-likeness (QED) is 0.181. The number of methoxy groups -OCH3 is 1. The van der Waals surface area contributed by atoms with Crippen LogP contribution in [0.15, 0.2) is 30.6 Å². The van der Waals surface area contributed by atoms with Crippen LogP contribution in [0.25, 0.3) is 22.2 Å². The van der Waals surface area contributed by atoms with Crippen LogP contribution < -0.4 is 0 Å². The number of aromatic nitrogens is 3. The fraction of sp³-hybridized carbons (Fsp3) is 0.381. The van der Waals surface area contributed by atoms with Crippen LogP contribution in [0.5, 0.6) is 0 Å². The van der Waals surface area contributed by atoms with Crippen molar-refractivity contribution >= 4 is 36.5 Å². The number of halogens is 4. The Balaban J connectivity index is 2.12. The lowest BCUT2D eigenvalue weighted by molar-refractivity contribution is -0.137. The zero-order valence-corrected chi connectivity index (χ0v) is 19.8. The number of benzene rings is 1. The molecule has 0 atom stereocenters. The molecule has 6 nitrogen and oxygen atoms in total. The van der Waals surface area contributed by atoms with E-state index in [1.54, 1.807) is 16.7 Å². The van der Waals surface area contributed by atoms with Crippen molar-refractivity contribution in [1.82, 2.24) is 14.5 Å². The van der Waals surface area contributed by atoms with E-state index in [4.69, 9.17) is 21.1 Å². The van der Waals surface area contributed by atoms with Gasteiger partial charge in [0.1, 0.15) is 12.3 Å². The third-order valence-corrected chi connectivity index (χ3v) is 6.74. The molecule has 1 aromatic carbocycles. The van der Waals surface area contributed by atoms with Gasteiger partial charge < -0.3 is 14.0 Å². The lowest BCUT2D eigenvalue weighted by Gasteiger charge is -2.15. The van der Waals surface area contributed by atoms with Gasteiger partial charge in [0.25, 0.3) is 0 Å². The van der Waals surface area contributed by atoms with Gasteiger partial charge in [-0.2, -0.15) is 13.2 Å². The van der Waals surface area contributed by atoms with Crippen molar-refractivity contribution in [2.75, 3.05) is 13.7 Å². The Morgan fingerprint density at radius 2 is 1.97 bits per heavy atom. The van der Waals surface area contributed by atoms with Crippen LogP contribution in [0.2, 0.25) is 31.0 Å². The molecular formula is C21H23ClF3N3O3Si. The summed E-state index contributed by atoms with van der Waals surface area (Å²) in [5.74, 6) is -0.554. The van der Waals surface area contributed by atoms with Crippen molar-refractivity contribution in [3.05, 3.63) is 47.0 Å². The first kappa shape index (κ1) is 24.2. The molecule has 3 aromatic rings. The van der Waals surface area contributed by atoms with Crippen molar-refractivity contribution in [2.24, 2.45) is 0 Å². The van der Waals surface area contributed by atoms with Crippen LogP contribution in [-0.2, 0) is 22.4 Å². The van der Waals surface area contributed by atoms with Crippen molar-refractivity contribution in [1.29, 1.82) is 0 Å². The number of rotatable bonds is 7. The maximum atomic E-state index is 13.6. The molecule has 172 valence electrons. The lowest BCUT2D eigenvalue weighted by atomic mass is 10.0. The Morgan fingerprint density at radius 1 is 1.25 bits per heavy atom. The summed E-state index contributed by atoms with van der Waals surface area (Å²) in [6.45, 7) is 7.29. The molecule has 0 unspecified atom stereocenters. The standard InChI is InChI=1S/C21H23ClF3N3O3Si/c1-30-19(29)13-5-6-14-15(18-16(21(23,24)25)10-26-20(22)27-18)11-28(17(14)9-13)12-31-7-8-32(2,3)4/h5-6,9-11H,7-8,12H2,1-4H3. The summed E-state index contributed by atoms with van der Waals surface area (Å²) >= 11 is 5.83. The Kier molecular flexibility index (Phi) is 6.96. The van der Waals surface area contributed by atoms with E-state index in [2.05, 4.69) is 29.6 Å². The van der Waals surface area contributed by atoms with Crippen LogP contribution in [-0.4, -0.2) is 42.3 Å². The van der Waals surface area contributed by atoms with Crippen molar-refractivity contribution < 1.29 is 27.4 Å². The molecule has 0 amide bonds. The summed E-state index contributed by atoms with van der Waals surface area (Å²) < 4.78 is 53.1. The molecule has 0 fully saturated rings. The summed E-state index contributed by atoms with van der Waals surface area (Å²) in [5.41, 5.74) is -0.350. The molecule has 3 rings (SSSR count). The second-order valence-corrected chi connectivity index (χ2v) is 14.4. The van der Waals surface area contributed by atoms with E-state index < -0.39 is 25.8 Å². The highest BCUT2D eigenvalue weighted by atomic mass is 35.5. The van der Waals surface area contributed by atoms with Gasteiger partial charge in [-0.1, -0.05) is 25.7 Å². The maximum absolute atomic E-state index is 13.6. The summed E-state index contributed by atoms with van der Waals surface area (Å²) in [7, 11) is -0.0532. The van der Waals surface area contributed by atoms with E-state index in [-0.39, 0.29) is 28.8 Å². The van der Waals surface area contributed by atoms with Gasteiger partial charge in [-0.25, -0.2) is 14.8 Å². The smallest absolute Gasteiger partial charge is 0.419 e. The Labute approximate surface area is 189 Å². The maximum Gasteiger partial charge on any atom is 0.419 e. The zero-order valence-electron chi connectivity index (χ0n) is 18.1. The number of nitrogens with zero attached hydrogens (tertiary/aromatic N) is 3. The molecule has 0 saturated carbocycles. The third-order valence-electron chi connectivity index (χ3n) is 4.85. The first-order chi connectivity index (χ1) is 14.9. The van der Waals surface area contributed by atoms with Gasteiger partial charge in [-0.3, -0.25) is 0 Å². The van der Waals surface area contributed by atoms with Crippen LogP contribution in [0.4, 0.5) is 13.2 Å². The number of esters is 1. The normalized spacial score (nSPS) is 12.4. The second kappa shape index (κ2) is 9.20. The molecular weight excluding hydrogens is 463 g/mol. The van der Waals surface area contributed by atoms with Gasteiger partial charge in [-0.05, 0) is 29.8 Å². The molecule has 0 aliphatic rings. The predicted octanol–water partition coefficient (Wildman–Crippen LogP) is 5.87. The number of fused-ring (bicyclic) bond motifs is 1. The first-order valence-corrected chi connectivity index (χ1v) is 13.9. The largest absolute Gasteiger partial charge is 0.465 e. The second-order valence-electron chi connectivity index (χ2n) is 8.48. The molecule has 0 N–H and O–H groups in total. The molecule has 0 aliphatic heterocycles. The molecule has 11 heteroatoms. The van der Waals surface area contributed by atoms with E-state index in [0.717, 1.165) is 6.04 Å². The van der Waals surface area contributed by atoms with Crippen LogP contribution >= 0.6 is 11.6 Å². The molecule has 0 radical (unpaired) electrons. The summed E-state index contributed by atoms with van der Waals surface area (Å²) in [6.07, 6.45) is -2.48. The van der Waals surface area contributed by atoms with E-state index in [9.17, 15) is 18.0 Å². The molecule has 0 bridgehead atoms. The van der Waals surface area contributed by atoms with Gasteiger partial charge in [0, 0.05) is 38.0 Å². The number of carbonyl (C=O) groups excluding carboxylic acids is 1. The van der Waals surface area contributed by atoms with Gasteiger partial charge in [0.05, 0.1) is 23.9 Å². The number of carbonyl (C=O) groups is 1. The highest BCUT2D eigenvalue weighted by Gasteiger charge is 2.36. The monoisotopic (exact) mass is 485 g/mol. The number of hydrogen-bond acceptors (Lipinski definition) is 5. The van der Waals surface area contributed by atoms with Crippen LogP contribution in [0.1, 0.15) is 15.9 Å². The zero-order chi connectivity index (χ0) is 23.7. The minimum Gasteiger partial charge on any atom is -0.465 e.